The molecule has 0 fully saturated rings. The van der Waals surface area contributed by atoms with Crippen molar-refractivity contribution in [2.75, 3.05) is 6.61 Å². The van der Waals surface area contributed by atoms with E-state index in [1.165, 1.54) is 37.1 Å². The van der Waals surface area contributed by atoms with Gasteiger partial charge in [-0.15, -0.1) is 0 Å². The Hall–Kier alpha value is -3.53. The first kappa shape index (κ1) is 23.7. The van der Waals surface area contributed by atoms with E-state index >= 15 is 0 Å². The van der Waals surface area contributed by atoms with E-state index in [1.807, 2.05) is 0 Å². The van der Waals surface area contributed by atoms with Crippen LogP contribution in [-0.4, -0.2) is 28.5 Å². The zero-order valence-electron chi connectivity index (χ0n) is 17.1. The first-order valence-electron chi connectivity index (χ1n) is 9.79. The molecule has 0 heterocycles. The molecule has 2 amide bonds. The number of hydrogen-bond acceptors (Lipinski definition) is 6. The quantitative estimate of drug-likeness (QED) is 0.234. The van der Waals surface area contributed by atoms with Gasteiger partial charge in [0.05, 0.1) is 11.5 Å². The van der Waals surface area contributed by atoms with E-state index in [0.29, 0.717) is 17.9 Å². The Morgan fingerprint density at radius 3 is 2.16 bits per heavy atom. The Kier molecular flexibility index (Phi) is 9.37. The van der Waals surface area contributed by atoms with Crippen LogP contribution >= 0.6 is 12.2 Å². The number of nitrogens with one attached hydrogen (secondary N) is 3. The van der Waals surface area contributed by atoms with Gasteiger partial charge in [0.2, 0.25) is 0 Å². The third-order valence-corrected chi connectivity index (χ3v) is 4.44. The Morgan fingerprint density at radius 1 is 0.935 bits per heavy atom. The van der Waals surface area contributed by atoms with E-state index in [9.17, 15) is 19.7 Å². The fourth-order valence-electron chi connectivity index (χ4n) is 2.55. The summed E-state index contributed by atoms with van der Waals surface area (Å²) in [4.78, 5) is 34.4. The van der Waals surface area contributed by atoms with Crippen molar-refractivity contribution in [2.24, 2.45) is 0 Å². The number of nitrogens with zero attached hydrogens (tertiary/aromatic N) is 1. The molecule has 0 aliphatic rings. The number of ether oxygens (including phenoxy) is 1. The lowest BCUT2D eigenvalue weighted by atomic mass is 10.2. The standard InChI is InChI=1S/C21H24N4O5S/c1-2-3-4-5-14-30-18-12-8-16(9-13-18)20(27)23-24-21(31)22-19(26)15-6-10-17(11-7-15)25(28)29/h6-13H,2-5,14H2,1H3,(H,23,27)(H2,22,24,26,31). The summed E-state index contributed by atoms with van der Waals surface area (Å²) < 4.78 is 5.64. The van der Waals surface area contributed by atoms with Gasteiger partial charge in [-0.05, 0) is 55.0 Å². The maximum atomic E-state index is 12.2. The summed E-state index contributed by atoms with van der Waals surface area (Å²) in [6.45, 7) is 2.79. The normalized spacial score (nSPS) is 10.1. The fourth-order valence-corrected chi connectivity index (χ4v) is 2.69. The second-order valence-corrected chi connectivity index (χ2v) is 7.01. The van der Waals surface area contributed by atoms with E-state index < -0.39 is 16.7 Å². The Morgan fingerprint density at radius 2 is 1.55 bits per heavy atom. The molecule has 0 aliphatic heterocycles. The molecule has 0 aromatic heterocycles. The first-order valence-corrected chi connectivity index (χ1v) is 10.2. The van der Waals surface area contributed by atoms with Crippen molar-refractivity contribution in [2.45, 2.75) is 32.6 Å². The highest BCUT2D eigenvalue weighted by molar-refractivity contribution is 7.80. The number of rotatable bonds is 9. The van der Waals surface area contributed by atoms with Gasteiger partial charge >= 0.3 is 0 Å². The highest BCUT2D eigenvalue weighted by atomic mass is 32.1. The fraction of sp³-hybridized carbons (Fsp3) is 0.286. The maximum absolute atomic E-state index is 12.2. The summed E-state index contributed by atoms with van der Waals surface area (Å²) in [6.07, 6.45) is 4.47. The van der Waals surface area contributed by atoms with Gasteiger partial charge in [0.25, 0.3) is 17.5 Å². The molecule has 0 bridgehead atoms. The molecule has 0 unspecified atom stereocenters. The van der Waals surface area contributed by atoms with Crippen molar-refractivity contribution >= 4 is 34.8 Å². The number of thiocarbonyl (C=S) groups is 1. The molecule has 164 valence electrons. The summed E-state index contributed by atoms with van der Waals surface area (Å²) >= 11 is 4.98. The predicted molar refractivity (Wildman–Crippen MR) is 120 cm³/mol. The largest absolute Gasteiger partial charge is 0.494 e. The minimum atomic E-state index is -0.568. The van der Waals surface area contributed by atoms with Crippen LogP contribution in [0.1, 0.15) is 53.3 Å². The van der Waals surface area contributed by atoms with Crippen molar-refractivity contribution in [3.63, 3.8) is 0 Å². The number of hydrogen-bond donors (Lipinski definition) is 3. The molecule has 10 heteroatoms. The van der Waals surface area contributed by atoms with Gasteiger partial charge in [-0.2, -0.15) is 0 Å². The van der Waals surface area contributed by atoms with E-state index in [2.05, 4.69) is 23.1 Å². The second kappa shape index (κ2) is 12.2. The molecule has 3 N–H and O–H groups in total. The number of unbranched alkanes of at least 4 members (excludes halogenated alkanes) is 3. The van der Waals surface area contributed by atoms with Crippen molar-refractivity contribution in [1.82, 2.24) is 16.2 Å². The topological polar surface area (TPSA) is 123 Å². The van der Waals surface area contributed by atoms with Crippen molar-refractivity contribution in [1.29, 1.82) is 0 Å². The molecule has 0 saturated carbocycles. The number of nitro benzene ring substituents is 1. The van der Waals surface area contributed by atoms with Crippen LogP contribution in [0.5, 0.6) is 5.75 Å². The first-order chi connectivity index (χ1) is 14.9. The van der Waals surface area contributed by atoms with E-state index in [4.69, 9.17) is 17.0 Å². The number of hydrazine groups is 1. The Bertz CT molecular complexity index is 916. The lowest BCUT2D eigenvalue weighted by molar-refractivity contribution is -0.384. The minimum absolute atomic E-state index is 0.122. The Balaban J connectivity index is 1.76. The van der Waals surface area contributed by atoms with Crippen LogP contribution in [0.15, 0.2) is 48.5 Å². The number of nitro groups is 1. The maximum Gasteiger partial charge on any atom is 0.269 e. The van der Waals surface area contributed by atoms with Gasteiger partial charge in [-0.25, -0.2) is 0 Å². The number of amides is 2. The summed E-state index contributed by atoms with van der Waals surface area (Å²) in [6, 6.07) is 11.7. The highest BCUT2D eigenvalue weighted by Gasteiger charge is 2.12. The average molecular weight is 445 g/mol. The van der Waals surface area contributed by atoms with Crippen LogP contribution in [0.3, 0.4) is 0 Å². The number of carbonyl (C=O) groups is 2. The Labute approximate surface area is 185 Å². The average Bonchev–Trinajstić information content (AvgIpc) is 2.77. The summed E-state index contributed by atoms with van der Waals surface area (Å²) in [7, 11) is 0. The summed E-state index contributed by atoms with van der Waals surface area (Å²) in [5.74, 6) is -0.324. The summed E-state index contributed by atoms with van der Waals surface area (Å²) in [5, 5.41) is 12.9. The summed E-state index contributed by atoms with van der Waals surface area (Å²) in [5.41, 5.74) is 5.27. The molecule has 0 radical (unpaired) electrons. The smallest absolute Gasteiger partial charge is 0.269 e. The zero-order chi connectivity index (χ0) is 22.6. The second-order valence-electron chi connectivity index (χ2n) is 6.60. The van der Waals surface area contributed by atoms with Gasteiger partial charge in [0, 0.05) is 23.3 Å². The molecule has 0 aliphatic carbocycles. The molecule has 0 spiro atoms. The van der Waals surface area contributed by atoms with E-state index in [1.54, 1.807) is 24.3 Å². The monoisotopic (exact) mass is 444 g/mol. The van der Waals surface area contributed by atoms with Crippen LogP contribution in [-0.2, 0) is 0 Å². The molecule has 31 heavy (non-hydrogen) atoms. The van der Waals surface area contributed by atoms with Crippen LogP contribution < -0.4 is 20.9 Å². The molecular formula is C21H24N4O5S. The number of benzene rings is 2. The lowest BCUT2D eigenvalue weighted by Crippen LogP contribution is -2.48. The van der Waals surface area contributed by atoms with Gasteiger partial charge < -0.3 is 4.74 Å². The van der Waals surface area contributed by atoms with Gasteiger partial charge in [-0.1, -0.05) is 26.2 Å². The van der Waals surface area contributed by atoms with E-state index in [0.717, 1.165) is 12.8 Å². The van der Waals surface area contributed by atoms with Crippen LogP contribution in [0.25, 0.3) is 0 Å². The van der Waals surface area contributed by atoms with Gasteiger partial charge in [0.1, 0.15) is 5.75 Å². The highest BCUT2D eigenvalue weighted by Crippen LogP contribution is 2.13. The molecular weight excluding hydrogens is 420 g/mol. The van der Waals surface area contributed by atoms with Crippen LogP contribution in [0.4, 0.5) is 5.69 Å². The SMILES string of the molecule is CCCCCCOc1ccc(C(=O)NNC(=S)NC(=O)c2ccc([N+](=O)[O-])cc2)cc1. The van der Waals surface area contributed by atoms with Crippen molar-refractivity contribution in [3.8, 4) is 5.75 Å². The zero-order valence-corrected chi connectivity index (χ0v) is 17.9. The van der Waals surface area contributed by atoms with Crippen molar-refractivity contribution < 1.29 is 19.2 Å². The molecule has 2 aromatic carbocycles. The number of carbonyl (C=O) groups excluding carboxylic acids is 2. The third kappa shape index (κ3) is 8.01. The molecule has 2 rings (SSSR count). The molecule has 0 saturated heterocycles. The van der Waals surface area contributed by atoms with E-state index in [-0.39, 0.29) is 16.4 Å². The molecule has 0 atom stereocenters. The van der Waals surface area contributed by atoms with Gasteiger partial charge in [-0.3, -0.25) is 35.9 Å². The molecule has 9 nitrogen and oxygen atoms in total. The lowest BCUT2D eigenvalue weighted by Gasteiger charge is -2.11. The van der Waals surface area contributed by atoms with Gasteiger partial charge in [0.15, 0.2) is 5.11 Å². The predicted octanol–water partition coefficient (Wildman–Crippen LogP) is 3.50. The number of non-ortho nitro benzene ring substituents is 1. The van der Waals surface area contributed by atoms with Crippen LogP contribution in [0, 0.1) is 10.1 Å². The van der Waals surface area contributed by atoms with Crippen LogP contribution in [0.2, 0.25) is 0 Å². The molecule has 2 aromatic rings. The minimum Gasteiger partial charge on any atom is -0.494 e. The van der Waals surface area contributed by atoms with Crippen molar-refractivity contribution in [3.05, 3.63) is 69.8 Å². The third-order valence-electron chi connectivity index (χ3n) is 4.24.